The average Bonchev–Trinajstić information content (AvgIpc) is 1.42. The van der Waals surface area contributed by atoms with Gasteiger partial charge in [-0.2, -0.15) is 0 Å². The molecule has 0 saturated heterocycles. The molecule has 2 nitrogen and oxygen atoms in total. The first-order valence-electron chi connectivity index (χ1n) is 30.2. The van der Waals surface area contributed by atoms with Gasteiger partial charge in [0, 0.05) is 43.8 Å². The molecule has 12 aromatic rings. The maximum atomic E-state index is 2.81. The molecule has 82 heavy (non-hydrogen) atoms. The molecule has 0 N–H and O–H groups in total. The zero-order valence-electron chi connectivity index (χ0n) is 50.6. The summed E-state index contributed by atoms with van der Waals surface area (Å²) < 4.78 is 5.57. The second kappa shape index (κ2) is 15.8. The minimum atomic E-state index is -0.636. The quantitative estimate of drug-likeness (QED) is 0.153. The third-order valence-electron chi connectivity index (χ3n) is 20.0. The van der Waals surface area contributed by atoms with Crippen LogP contribution in [0.3, 0.4) is 0 Å². The zero-order chi connectivity index (χ0) is 56.9. The van der Waals surface area contributed by atoms with E-state index in [9.17, 15) is 0 Å². The van der Waals surface area contributed by atoms with Crippen LogP contribution in [0.2, 0.25) is 0 Å². The lowest BCUT2D eigenvalue weighted by Crippen LogP contribution is -2.61. The number of nitrogens with zero attached hydrogens (tertiary/aromatic N) is 2. The molecule has 0 amide bonds. The molecule has 0 saturated carbocycles. The predicted molar refractivity (Wildman–Crippen MR) is 353 cm³/mol. The largest absolute Gasteiger partial charge is 0.310 e. The Morgan fingerprint density at radius 1 is 0.317 bits per heavy atom. The molecule has 0 unspecified atom stereocenters. The summed E-state index contributed by atoms with van der Waals surface area (Å²) in [5, 5.41) is 7.89. The van der Waals surface area contributed by atoms with Crippen LogP contribution in [0.15, 0.2) is 170 Å². The number of fused-ring (bicyclic) bond motifs is 15. The highest BCUT2D eigenvalue weighted by molar-refractivity contribution is 7.00. The summed E-state index contributed by atoms with van der Waals surface area (Å²) in [4.78, 5) is 0. The molecule has 16 rings (SSSR count). The van der Waals surface area contributed by atoms with E-state index in [1.807, 2.05) is 0 Å². The Hall–Kier alpha value is -7.88. The van der Waals surface area contributed by atoms with Crippen LogP contribution in [0.25, 0.3) is 99.1 Å². The summed E-state index contributed by atoms with van der Waals surface area (Å²) in [7, 11) is 0. The number of hydrogen-bond donors (Lipinski definition) is 0. The maximum absolute atomic E-state index is 2.81. The van der Waals surface area contributed by atoms with Crippen molar-refractivity contribution in [1.82, 2.24) is 9.13 Å². The Kier molecular flexibility index (Phi) is 9.62. The van der Waals surface area contributed by atoms with Crippen molar-refractivity contribution in [3.63, 3.8) is 0 Å². The van der Waals surface area contributed by atoms with E-state index < -0.39 is 5.41 Å². The molecule has 3 heteroatoms. The van der Waals surface area contributed by atoms with Crippen molar-refractivity contribution in [2.45, 2.75) is 136 Å². The monoisotopic (exact) mass is 1060 g/mol. The van der Waals surface area contributed by atoms with E-state index in [-0.39, 0.29) is 33.8 Å². The fraction of sp³-hybridized carbons (Fsp3) is 0.266. The summed E-state index contributed by atoms with van der Waals surface area (Å²) in [6.07, 6.45) is 0. The summed E-state index contributed by atoms with van der Waals surface area (Å²) in [6.45, 7) is 35.6. The Morgan fingerprint density at radius 3 is 1.35 bits per heavy atom. The summed E-state index contributed by atoms with van der Waals surface area (Å²) in [6, 6.07) is 68.4. The highest BCUT2D eigenvalue weighted by Crippen LogP contribution is 2.63. The first-order chi connectivity index (χ1) is 38.8. The summed E-state index contributed by atoms with van der Waals surface area (Å²) in [5.41, 5.74) is 31.3. The van der Waals surface area contributed by atoms with E-state index >= 15 is 0 Å². The Balaban J connectivity index is 1.13. The molecule has 4 aliphatic rings. The maximum Gasteiger partial charge on any atom is 0.252 e. The molecule has 2 aromatic heterocycles. The van der Waals surface area contributed by atoms with E-state index in [1.54, 1.807) is 0 Å². The van der Waals surface area contributed by atoms with Crippen LogP contribution in [-0.4, -0.2) is 15.8 Å². The molecule has 1 aliphatic carbocycles. The van der Waals surface area contributed by atoms with Crippen molar-refractivity contribution in [3.05, 3.63) is 220 Å². The molecule has 5 heterocycles. The number of aromatic nitrogens is 2. The normalized spacial score (nSPS) is 14.8. The van der Waals surface area contributed by atoms with Gasteiger partial charge in [0.05, 0.1) is 22.1 Å². The van der Waals surface area contributed by atoms with Gasteiger partial charge < -0.3 is 9.13 Å². The second-order valence-corrected chi connectivity index (χ2v) is 30.2. The lowest BCUT2D eigenvalue weighted by atomic mass is 9.33. The molecular weight excluding hydrogens is 988 g/mol. The predicted octanol–water partition coefficient (Wildman–Crippen LogP) is 18.7. The fourth-order valence-electron chi connectivity index (χ4n) is 15.6. The minimum absolute atomic E-state index is 0.0297. The topological polar surface area (TPSA) is 9.86 Å². The first-order valence-corrected chi connectivity index (χ1v) is 30.2. The third-order valence-corrected chi connectivity index (χ3v) is 20.0. The lowest BCUT2D eigenvalue weighted by Gasteiger charge is -2.45. The zero-order valence-corrected chi connectivity index (χ0v) is 50.6. The average molecular weight is 1060 g/mol. The molecule has 0 atom stereocenters. The van der Waals surface area contributed by atoms with Crippen LogP contribution in [-0.2, 0) is 32.5 Å². The van der Waals surface area contributed by atoms with E-state index in [0.717, 1.165) is 0 Å². The van der Waals surface area contributed by atoms with Crippen LogP contribution >= 0.6 is 0 Å². The second-order valence-electron chi connectivity index (χ2n) is 30.2. The molecular formula is C79H73BN2. The van der Waals surface area contributed by atoms with Gasteiger partial charge >= 0.3 is 0 Å². The standard InChI is InChI=1S/C79H73BN2/c1-74(2,3)49-30-28-44(29-31-49)45-24-25-47-35-48(27-26-46(47)34-45)56-43-64-73-68-72(56)81-67-33-32-50(75(4,5)6)36-57(67)58-38-52(77(10,11)12)41-65(70(58)81)80(68)66-42-53(78(13,14)15)39-60-59-37-51(76(7,8)9)40-63(69(59)82(73)71(60)66)79(64)61-22-18-16-20-54(61)55-21-17-19-23-62(55)79/h16-43H,1-15H3. The van der Waals surface area contributed by atoms with Crippen LogP contribution in [0, 0.1) is 0 Å². The van der Waals surface area contributed by atoms with E-state index in [4.69, 9.17) is 0 Å². The van der Waals surface area contributed by atoms with Crippen molar-refractivity contribution in [3.8, 4) is 44.8 Å². The molecule has 0 fully saturated rings. The lowest BCUT2D eigenvalue weighted by molar-refractivity contribution is 0.588. The number of rotatable bonds is 2. The minimum Gasteiger partial charge on any atom is -0.310 e. The third kappa shape index (κ3) is 6.49. The van der Waals surface area contributed by atoms with Gasteiger partial charge in [0.1, 0.15) is 0 Å². The summed E-state index contributed by atoms with van der Waals surface area (Å²) in [5.74, 6) is 0. The first kappa shape index (κ1) is 49.9. The van der Waals surface area contributed by atoms with Crippen molar-refractivity contribution in [2.75, 3.05) is 0 Å². The SMILES string of the molecule is CC(C)(C)c1ccc(-c2ccc3cc(-c4cc5c6c7c4-n4c8ccc(C(C)(C)C)cc8c8cc(C(C)(C)C)cc(c84)B7c4cc(C(C)(C)C)cc7c8cc(C(C)(C)C)cc(c8n-6c47)C54c5ccccc5-c5ccccc54)ccc3c2)cc1. The van der Waals surface area contributed by atoms with E-state index in [2.05, 4.69) is 283 Å². The van der Waals surface area contributed by atoms with Gasteiger partial charge in [0.25, 0.3) is 6.71 Å². The molecule has 3 aliphatic heterocycles. The van der Waals surface area contributed by atoms with E-state index in [1.165, 1.54) is 166 Å². The van der Waals surface area contributed by atoms with Gasteiger partial charge in [-0.1, -0.05) is 225 Å². The van der Waals surface area contributed by atoms with Crippen molar-refractivity contribution in [2.24, 2.45) is 0 Å². The van der Waals surface area contributed by atoms with Crippen molar-refractivity contribution in [1.29, 1.82) is 0 Å². The Labute approximate surface area is 484 Å². The smallest absolute Gasteiger partial charge is 0.252 e. The number of hydrogen-bond acceptors (Lipinski definition) is 0. The number of benzene rings is 10. The molecule has 402 valence electrons. The molecule has 0 bridgehead atoms. The molecule has 0 radical (unpaired) electrons. The van der Waals surface area contributed by atoms with Crippen LogP contribution < -0.4 is 16.4 Å². The van der Waals surface area contributed by atoms with Gasteiger partial charge in [-0.25, -0.2) is 0 Å². The van der Waals surface area contributed by atoms with Gasteiger partial charge in [0.15, 0.2) is 0 Å². The van der Waals surface area contributed by atoms with Crippen molar-refractivity contribution >= 4 is 77.5 Å². The molecule has 10 aromatic carbocycles. The summed E-state index contributed by atoms with van der Waals surface area (Å²) >= 11 is 0. The van der Waals surface area contributed by atoms with Gasteiger partial charge in [-0.3, -0.25) is 0 Å². The van der Waals surface area contributed by atoms with Crippen LogP contribution in [0.4, 0.5) is 0 Å². The highest BCUT2D eigenvalue weighted by atomic mass is 15.1. The van der Waals surface area contributed by atoms with Gasteiger partial charge in [-0.15, -0.1) is 0 Å². The van der Waals surface area contributed by atoms with E-state index in [0.29, 0.717) is 0 Å². The Morgan fingerprint density at radius 2 is 0.780 bits per heavy atom. The van der Waals surface area contributed by atoms with Crippen molar-refractivity contribution < 1.29 is 0 Å². The van der Waals surface area contributed by atoms with Crippen LogP contribution in [0.5, 0.6) is 0 Å². The highest BCUT2D eigenvalue weighted by Gasteiger charge is 2.55. The van der Waals surface area contributed by atoms with Crippen LogP contribution in [0.1, 0.15) is 154 Å². The van der Waals surface area contributed by atoms with Gasteiger partial charge in [-0.05, 0) is 181 Å². The fourth-order valence-corrected chi connectivity index (χ4v) is 15.6. The Bertz CT molecular complexity index is 4810. The van der Waals surface area contributed by atoms with Gasteiger partial charge in [0.2, 0.25) is 0 Å². The molecule has 1 spiro atoms.